The molecule has 1 saturated carbocycles. The van der Waals surface area contributed by atoms with E-state index in [0.29, 0.717) is 22.4 Å². The minimum atomic E-state index is -0.292. The quantitative estimate of drug-likeness (QED) is 0.782. The standard InChI is InChI=1S/C16H23ClFN/c1-15(2)6-3-7-16(19,9-8-15)11-12-10-13(17)4-5-14(12)18/h4-5,10H,3,6-9,11,19H2,1-2H3. The highest BCUT2D eigenvalue weighted by atomic mass is 35.5. The molecule has 0 saturated heterocycles. The number of halogens is 2. The normalized spacial score (nSPS) is 27.0. The van der Waals surface area contributed by atoms with Crippen molar-refractivity contribution in [2.75, 3.05) is 0 Å². The van der Waals surface area contributed by atoms with Gasteiger partial charge in [-0.15, -0.1) is 0 Å². The predicted molar refractivity (Wildman–Crippen MR) is 78.9 cm³/mol. The van der Waals surface area contributed by atoms with Crippen molar-refractivity contribution in [3.63, 3.8) is 0 Å². The molecular weight excluding hydrogens is 261 g/mol. The maximum absolute atomic E-state index is 13.8. The summed E-state index contributed by atoms with van der Waals surface area (Å²) in [5.41, 5.74) is 7.23. The highest BCUT2D eigenvalue weighted by molar-refractivity contribution is 6.30. The highest BCUT2D eigenvalue weighted by Crippen LogP contribution is 2.38. The lowest BCUT2D eigenvalue weighted by molar-refractivity contribution is 0.296. The lowest BCUT2D eigenvalue weighted by Crippen LogP contribution is -2.42. The first-order valence-corrected chi connectivity index (χ1v) is 7.40. The van der Waals surface area contributed by atoms with Crippen molar-refractivity contribution < 1.29 is 4.39 Å². The van der Waals surface area contributed by atoms with Crippen molar-refractivity contribution in [2.24, 2.45) is 11.1 Å². The Bertz CT molecular complexity index is 458. The number of nitrogens with two attached hydrogens (primary N) is 1. The summed E-state index contributed by atoms with van der Waals surface area (Å²) in [7, 11) is 0. The zero-order valence-corrected chi connectivity index (χ0v) is 12.6. The second kappa shape index (κ2) is 5.41. The molecule has 1 fully saturated rings. The fourth-order valence-corrected chi connectivity index (χ4v) is 3.19. The van der Waals surface area contributed by atoms with Crippen molar-refractivity contribution in [3.8, 4) is 0 Å². The van der Waals surface area contributed by atoms with Crippen LogP contribution in [0, 0.1) is 11.2 Å². The van der Waals surface area contributed by atoms with Gasteiger partial charge in [0.05, 0.1) is 0 Å². The molecule has 0 aromatic heterocycles. The molecule has 0 spiro atoms. The average molecular weight is 284 g/mol. The number of benzene rings is 1. The Morgan fingerprint density at radius 3 is 2.68 bits per heavy atom. The number of rotatable bonds is 2. The van der Waals surface area contributed by atoms with Gasteiger partial charge in [0.2, 0.25) is 0 Å². The van der Waals surface area contributed by atoms with Crippen LogP contribution in [0.3, 0.4) is 0 Å². The smallest absolute Gasteiger partial charge is 0.126 e. The molecule has 1 unspecified atom stereocenters. The molecule has 0 heterocycles. The Kier molecular flexibility index (Phi) is 4.22. The van der Waals surface area contributed by atoms with Gasteiger partial charge in [0, 0.05) is 10.6 Å². The molecule has 106 valence electrons. The van der Waals surface area contributed by atoms with Crippen LogP contribution in [0.4, 0.5) is 4.39 Å². The third kappa shape index (κ3) is 3.93. The SMILES string of the molecule is CC1(C)CCCC(N)(Cc2cc(Cl)ccc2F)CC1. The molecule has 1 aliphatic carbocycles. The van der Waals surface area contributed by atoms with Gasteiger partial charge in [-0.3, -0.25) is 0 Å². The molecule has 1 aliphatic rings. The summed E-state index contributed by atoms with van der Waals surface area (Å²) in [6.07, 6.45) is 5.91. The highest BCUT2D eigenvalue weighted by Gasteiger charge is 2.33. The van der Waals surface area contributed by atoms with Gasteiger partial charge in [-0.05, 0) is 61.3 Å². The first-order valence-electron chi connectivity index (χ1n) is 7.03. The third-order valence-electron chi connectivity index (χ3n) is 4.38. The second-order valence-electron chi connectivity index (χ2n) is 6.79. The van der Waals surface area contributed by atoms with Gasteiger partial charge >= 0.3 is 0 Å². The molecule has 1 nitrogen and oxygen atoms in total. The average Bonchev–Trinajstić information content (AvgIpc) is 2.44. The second-order valence-corrected chi connectivity index (χ2v) is 7.23. The maximum Gasteiger partial charge on any atom is 0.126 e. The van der Waals surface area contributed by atoms with Crippen LogP contribution in [0.5, 0.6) is 0 Å². The van der Waals surface area contributed by atoms with E-state index >= 15 is 0 Å². The van der Waals surface area contributed by atoms with Crippen molar-refractivity contribution in [1.29, 1.82) is 0 Å². The van der Waals surface area contributed by atoms with E-state index < -0.39 is 0 Å². The van der Waals surface area contributed by atoms with Crippen LogP contribution in [0.25, 0.3) is 0 Å². The molecule has 1 aromatic rings. The van der Waals surface area contributed by atoms with E-state index in [0.717, 1.165) is 25.7 Å². The third-order valence-corrected chi connectivity index (χ3v) is 4.61. The van der Waals surface area contributed by atoms with Gasteiger partial charge < -0.3 is 5.73 Å². The van der Waals surface area contributed by atoms with Gasteiger partial charge in [-0.25, -0.2) is 4.39 Å². The lowest BCUT2D eigenvalue weighted by Gasteiger charge is -2.29. The zero-order chi connectivity index (χ0) is 14.1. The molecule has 1 aromatic carbocycles. The molecule has 0 radical (unpaired) electrons. The minimum absolute atomic E-state index is 0.197. The molecule has 2 rings (SSSR count). The molecule has 1 atom stereocenters. The Balaban J connectivity index is 2.14. The predicted octanol–water partition coefficient (Wildman–Crippen LogP) is 4.71. The number of hydrogen-bond donors (Lipinski definition) is 1. The molecule has 0 bridgehead atoms. The van der Waals surface area contributed by atoms with E-state index in [-0.39, 0.29) is 11.4 Å². The molecule has 0 amide bonds. The van der Waals surface area contributed by atoms with Gasteiger partial charge in [0.25, 0.3) is 0 Å². The van der Waals surface area contributed by atoms with Crippen LogP contribution in [0.1, 0.15) is 51.5 Å². The molecule has 2 N–H and O–H groups in total. The fourth-order valence-electron chi connectivity index (χ4n) is 2.99. The van der Waals surface area contributed by atoms with Crippen molar-refractivity contribution in [3.05, 3.63) is 34.6 Å². The first-order chi connectivity index (χ1) is 8.80. The Morgan fingerprint density at radius 1 is 1.21 bits per heavy atom. The maximum atomic E-state index is 13.8. The van der Waals surface area contributed by atoms with Crippen LogP contribution in [0.15, 0.2) is 18.2 Å². The summed E-state index contributed by atoms with van der Waals surface area (Å²) in [5, 5.41) is 0.578. The Morgan fingerprint density at radius 2 is 1.95 bits per heavy atom. The van der Waals surface area contributed by atoms with Gasteiger partial charge in [-0.1, -0.05) is 31.9 Å². The van der Waals surface area contributed by atoms with Crippen molar-refractivity contribution in [1.82, 2.24) is 0 Å². The van der Waals surface area contributed by atoms with Crippen LogP contribution < -0.4 is 5.73 Å². The zero-order valence-electron chi connectivity index (χ0n) is 11.8. The van der Waals surface area contributed by atoms with Crippen LogP contribution in [-0.2, 0) is 6.42 Å². The van der Waals surface area contributed by atoms with E-state index in [1.807, 2.05) is 0 Å². The summed E-state index contributed by atoms with van der Waals surface area (Å²) in [6, 6.07) is 4.73. The van der Waals surface area contributed by atoms with E-state index in [2.05, 4.69) is 13.8 Å². The Hall–Kier alpha value is -0.600. The van der Waals surface area contributed by atoms with E-state index in [1.165, 1.54) is 12.5 Å². The van der Waals surface area contributed by atoms with E-state index in [9.17, 15) is 4.39 Å². The van der Waals surface area contributed by atoms with Crippen molar-refractivity contribution in [2.45, 2.75) is 57.9 Å². The number of hydrogen-bond acceptors (Lipinski definition) is 1. The van der Waals surface area contributed by atoms with Crippen LogP contribution in [-0.4, -0.2) is 5.54 Å². The van der Waals surface area contributed by atoms with E-state index in [1.54, 1.807) is 12.1 Å². The molecule has 3 heteroatoms. The van der Waals surface area contributed by atoms with E-state index in [4.69, 9.17) is 17.3 Å². The molecule has 19 heavy (non-hydrogen) atoms. The van der Waals surface area contributed by atoms with Crippen LogP contribution in [0.2, 0.25) is 5.02 Å². The van der Waals surface area contributed by atoms with Gasteiger partial charge in [0.15, 0.2) is 0 Å². The molecular formula is C16H23ClFN. The lowest BCUT2D eigenvalue weighted by atomic mass is 9.81. The summed E-state index contributed by atoms with van der Waals surface area (Å²) in [4.78, 5) is 0. The van der Waals surface area contributed by atoms with Crippen molar-refractivity contribution >= 4 is 11.6 Å². The first kappa shape index (κ1) is 14.8. The summed E-state index contributed by atoms with van der Waals surface area (Å²) < 4.78 is 13.8. The Labute approximate surface area is 120 Å². The van der Waals surface area contributed by atoms with Crippen LogP contribution >= 0.6 is 11.6 Å². The molecule has 0 aliphatic heterocycles. The summed E-state index contributed by atoms with van der Waals surface area (Å²) in [5.74, 6) is -0.197. The summed E-state index contributed by atoms with van der Waals surface area (Å²) in [6.45, 7) is 4.58. The van der Waals surface area contributed by atoms with Gasteiger partial charge in [-0.2, -0.15) is 0 Å². The fraction of sp³-hybridized carbons (Fsp3) is 0.625. The summed E-state index contributed by atoms with van der Waals surface area (Å²) >= 11 is 5.95. The largest absolute Gasteiger partial charge is 0.325 e. The topological polar surface area (TPSA) is 26.0 Å². The monoisotopic (exact) mass is 283 g/mol. The minimum Gasteiger partial charge on any atom is -0.325 e. The van der Waals surface area contributed by atoms with Gasteiger partial charge in [0.1, 0.15) is 5.82 Å².